The van der Waals surface area contributed by atoms with Crippen LogP contribution in [0.1, 0.15) is 33.4 Å². The Balaban J connectivity index is 2.50. The van der Waals surface area contributed by atoms with Gasteiger partial charge < -0.3 is 18.8 Å². The van der Waals surface area contributed by atoms with Crippen LogP contribution in [0.15, 0.2) is 25.9 Å². The Bertz CT molecular complexity index is 894. The summed E-state index contributed by atoms with van der Waals surface area (Å²) in [4.78, 5) is 13.1. The number of aromatic carboxylic acids is 1. The SMILES string of the molecule is Cc1ccc(CN(CCN(C)C)S(=O)(=O)c2c(C)oc(C)c2C(=O)O)o1. The molecule has 0 aliphatic rings. The van der Waals surface area contributed by atoms with Crippen LogP contribution in [0.2, 0.25) is 0 Å². The number of nitrogens with zero attached hydrogens (tertiary/aromatic N) is 2. The molecule has 0 aromatic carbocycles. The fourth-order valence-corrected chi connectivity index (χ4v) is 4.46. The van der Waals surface area contributed by atoms with Gasteiger partial charge >= 0.3 is 5.97 Å². The molecule has 0 amide bonds. The number of rotatable bonds is 8. The molecule has 0 atom stereocenters. The normalized spacial score (nSPS) is 12.3. The first-order valence-corrected chi connectivity index (χ1v) is 9.51. The largest absolute Gasteiger partial charge is 0.478 e. The van der Waals surface area contributed by atoms with Crippen molar-refractivity contribution < 1.29 is 27.2 Å². The summed E-state index contributed by atoms with van der Waals surface area (Å²) in [5.74, 6) is -0.0502. The van der Waals surface area contributed by atoms with Gasteiger partial charge in [0, 0.05) is 13.1 Å². The van der Waals surface area contributed by atoms with E-state index in [0.29, 0.717) is 18.1 Å². The van der Waals surface area contributed by atoms with Crippen LogP contribution in [0.3, 0.4) is 0 Å². The average Bonchev–Trinajstić information content (AvgIpc) is 3.05. The number of aryl methyl sites for hydroxylation is 3. The summed E-state index contributed by atoms with van der Waals surface area (Å²) in [5, 5.41) is 9.45. The van der Waals surface area contributed by atoms with Gasteiger partial charge in [0.05, 0.1) is 6.54 Å². The molecular weight excluding hydrogens is 360 g/mol. The van der Waals surface area contributed by atoms with Crippen LogP contribution < -0.4 is 0 Å². The van der Waals surface area contributed by atoms with Crippen molar-refractivity contribution in [3.63, 3.8) is 0 Å². The molecule has 0 unspecified atom stereocenters. The van der Waals surface area contributed by atoms with Crippen molar-refractivity contribution in [3.8, 4) is 0 Å². The number of hydrogen-bond donors (Lipinski definition) is 1. The Labute approximate surface area is 153 Å². The summed E-state index contributed by atoms with van der Waals surface area (Å²) in [6.07, 6.45) is 0. The van der Waals surface area contributed by atoms with Crippen LogP contribution in [0.4, 0.5) is 0 Å². The molecule has 0 aliphatic heterocycles. The van der Waals surface area contributed by atoms with Gasteiger partial charge in [-0.25, -0.2) is 13.2 Å². The Kier molecular flexibility index (Phi) is 5.94. The third-order valence-corrected chi connectivity index (χ3v) is 5.94. The molecule has 2 aromatic heterocycles. The maximum Gasteiger partial charge on any atom is 0.340 e. The number of furan rings is 2. The smallest absolute Gasteiger partial charge is 0.340 e. The second kappa shape index (κ2) is 7.65. The Morgan fingerprint density at radius 1 is 1.08 bits per heavy atom. The fraction of sp³-hybridized carbons (Fsp3) is 0.471. The van der Waals surface area contributed by atoms with Crippen molar-refractivity contribution in [1.29, 1.82) is 0 Å². The number of hydrogen-bond acceptors (Lipinski definition) is 6. The van der Waals surface area contributed by atoms with E-state index in [9.17, 15) is 18.3 Å². The molecule has 9 heteroatoms. The lowest BCUT2D eigenvalue weighted by atomic mass is 10.2. The molecule has 26 heavy (non-hydrogen) atoms. The fourth-order valence-electron chi connectivity index (χ4n) is 2.69. The van der Waals surface area contributed by atoms with Crippen LogP contribution in [0.25, 0.3) is 0 Å². The molecule has 2 rings (SSSR count). The number of carboxylic acid groups (broad SMARTS) is 1. The van der Waals surface area contributed by atoms with E-state index >= 15 is 0 Å². The standard InChI is InChI=1S/C17H24N2O6S/c1-11-6-7-14(24-11)10-19(9-8-18(4)5)26(22,23)16-13(3)25-12(2)15(16)17(20)21/h6-7H,8-10H2,1-5H3,(H,20,21). The van der Waals surface area contributed by atoms with Crippen molar-refractivity contribution in [2.75, 3.05) is 27.2 Å². The summed E-state index contributed by atoms with van der Waals surface area (Å²) in [5.41, 5.74) is -0.326. The molecule has 0 saturated carbocycles. The lowest BCUT2D eigenvalue weighted by Gasteiger charge is -2.23. The highest BCUT2D eigenvalue weighted by Crippen LogP contribution is 2.30. The molecule has 0 bridgehead atoms. The minimum atomic E-state index is -4.10. The van der Waals surface area contributed by atoms with Gasteiger partial charge in [0.25, 0.3) is 0 Å². The lowest BCUT2D eigenvalue weighted by molar-refractivity contribution is 0.0691. The maximum absolute atomic E-state index is 13.3. The average molecular weight is 384 g/mol. The van der Waals surface area contributed by atoms with E-state index in [-0.39, 0.29) is 35.1 Å². The van der Waals surface area contributed by atoms with E-state index in [2.05, 4.69) is 0 Å². The van der Waals surface area contributed by atoms with Gasteiger partial charge in [-0.3, -0.25) is 0 Å². The van der Waals surface area contributed by atoms with Crippen molar-refractivity contribution in [2.45, 2.75) is 32.2 Å². The summed E-state index contributed by atoms with van der Waals surface area (Å²) < 4.78 is 38.5. The van der Waals surface area contributed by atoms with Gasteiger partial charge in [0.15, 0.2) is 0 Å². The Morgan fingerprint density at radius 2 is 1.73 bits per heavy atom. The highest BCUT2D eigenvalue weighted by Gasteiger charge is 2.35. The molecule has 0 radical (unpaired) electrons. The number of sulfonamides is 1. The Hall–Kier alpha value is -2.10. The minimum Gasteiger partial charge on any atom is -0.478 e. The van der Waals surface area contributed by atoms with Gasteiger partial charge in [0.2, 0.25) is 10.0 Å². The van der Waals surface area contributed by atoms with E-state index in [1.165, 1.54) is 18.2 Å². The van der Waals surface area contributed by atoms with Crippen molar-refractivity contribution in [2.24, 2.45) is 0 Å². The van der Waals surface area contributed by atoms with Crippen LogP contribution in [0, 0.1) is 20.8 Å². The molecule has 0 saturated heterocycles. The quantitative estimate of drug-likeness (QED) is 0.744. The van der Waals surface area contributed by atoms with Crippen LogP contribution in [-0.2, 0) is 16.6 Å². The third kappa shape index (κ3) is 4.17. The maximum atomic E-state index is 13.3. The highest BCUT2D eigenvalue weighted by atomic mass is 32.2. The van der Waals surface area contributed by atoms with Gasteiger partial charge in [-0.1, -0.05) is 0 Å². The predicted octanol–water partition coefficient (Wildman–Crippen LogP) is 2.25. The number of carboxylic acids is 1. The predicted molar refractivity (Wildman–Crippen MR) is 94.7 cm³/mol. The molecule has 2 heterocycles. The topological polar surface area (TPSA) is 104 Å². The zero-order chi connectivity index (χ0) is 19.6. The lowest BCUT2D eigenvalue weighted by Crippen LogP contribution is -2.37. The second-order valence-electron chi connectivity index (χ2n) is 6.38. The molecule has 0 spiro atoms. The summed E-state index contributed by atoms with van der Waals surface area (Å²) >= 11 is 0. The van der Waals surface area contributed by atoms with Crippen LogP contribution in [-0.4, -0.2) is 55.9 Å². The van der Waals surface area contributed by atoms with E-state index in [4.69, 9.17) is 8.83 Å². The number of likely N-dealkylation sites (N-methyl/N-ethyl adjacent to an activating group) is 1. The van der Waals surface area contributed by atoms with E-state index in [1.807, 2.05) is 19.0 Å². The Morgan fingerprint density at radius 3 is 2.23 bits per heavy atom. The molecular formula is C17H24N2O6S. The zero-order valence-corrected chi connectivity index (χ0v) is 16.4. The van der Waals surface area contributed by atoms with E-state index in [1.54, 1.807) is 19.1 Å². The molecule has 1 N–H and O–H groups in total. The van der Waals surface area contributed by atoms with Crippen molar-refractivity contribution >= 4 is 16.0 Å². The second-order valence-corrected chi connectivity index (χ2v) is 8.25. The van der Waals surface area contributed by atoms with Crippen LogP contribution in [0.5, 0.6) is 0 Å². The van der Waals surface area contributed by atoms with Gasteiger partial charge in [0.1, 0.15) is 33.5 Å². The summed E-state index contributed by atoms with van der Waals surface area (Å²) in [6, 6.07) is 3.46. The monoisotopic (exact) mass is 384 g/mol. The molecule has 0 fully saturated rings. The summed E-state index contributed by atoms with van der Waals surface area (Å²) in [7, 11) is -0.437. The molecule has 2 aromatic rings. The first-order valence-electron chi connectivity index (χ1n) is 8.07. The highest BCUT2D eigenvalue weighted by molar-refractivity contribution is 7.89. The summed E-state index contributed by atoms with van der Waals surface area (Å²) in [6.45, 7) is 5.32. The van der Waals surface area contributed by atoms with E-state index in [0.717, 1.165) is 0 Å². The zero-order valence-electron chi connectivity index (χ0n) is 15.6. The van der Waals surface area contributed by atoms with E-state index < -0.39 is 16.0 Å². The molecule has 144 valence electrons. The first kappa shape index (κ1) is 20.2. The third-order valence-electron chi connectivity index (χ3n) is 3.94. The number of carbonyl (C=O) groups is 1. The van der Waals surface area contributed by atoms with Gasteiger partial charge in [-0.05, 0) is 47.0 Å². The first-order chi connectivity index (χ1) is 12.0. The van der Waals surface area contributed by atoms with Crippen molar-refractivity contribution in [3.05, 3.63) is 40.7 Å². The van der Waals surface area contributed by atoms with Crippen molar-refractivity contribution in [1.82, 2.24) is 9.21 Å². The molecule has 0 aliphatic carbocycles. The molecule has 8 nitrogen and oxygen atoms in total. The minimum absolute atomic E-state index is 0.00669. The van der Waals surface area contributed by atoms with Gasteiger partial charge in [-0.2, -0.15) is 4.31 Å². The van der Waals surface area contributed by atoms with Gasteiger partial charge in [-0.15, -0.1) is 0 Å². The van der Waals surface area contributed by atoms with Crippen LogP contribution >= 0.6 is 0 Å².